The summed E-state index contributed by atoms with van der Waals surface area (Å²) < 4.78 is 21.0. The maximum Gasteiger partial charge on any atom is 0.0190 e. The van der Waals surface area contributed by atoms with Gasteiger partial charge in [-0.1, -0.05) is 48.3 Å². The van der Waals surface area contributed by atoms with Crippen molar-refractivity contribution >= 4 is 11.1 Å². The van der Waals surface area contributed by atoms with Crippen molar-refractivity contribution in [1.82, 2.24) is 0 Å². The van der Waals surface area contributed by atoms with Crippen LogP contribution in [0.3, 0.4) is 0 Å². The Balaban J connectivity index is 2.39. The Kier molecular flexibility index (Phi) is 4.12. The fourth-order valence-electron chi connectivity index (χ4n) is 1.11. The first-order chi connectivity index (χ1) is 6.20. The summed E-state index contributed by atoms with van der Waals surface area (Å²) in [6.45, 7) is 1.73. The van der Waals surface area contributed by atoms with Crippen LogP contribution in [0.5, 0.6) is 0 Å². The number of benzene rings is 1. The Hall–Kier alpha value is -0.670. The molecule has 0 aliphatic carbocycles. The molecule has 0 saturated carbocycles. The summed E-state index contributed by atoms with van der Waals surface area (Å²) in [5.74, 6) is 0. The number of hydrogen-bond acceptors (Lipinski definition) is 2. The first-order valence-corrected chi connectivity index (χ1v) is 5.46. The maximum atomic E-state index is 10.5. The van der Waals surface area contributed by atoms with Gasteiger partial charge in [0.25, 0.3) is 0 Å². The zero-order valence-corrected chi connectivity index (χ0v) is 8.42. The SMILES string of the molecule is CC(CCc1ccccc1)S(=O)[O-]. The number of rotatable bonds is 4. The van der Waals surface area contributed by atoms with Crippen molar-refractivity contribution in [2.45, 2.75) is 25.0 Å². The van der Waals surface area contributed by atoms with Gasteiger partial charge in [-0.15, -0.1) is 0 Å². The van der Waals surface area contributed by atoms with Crippen LogP contribution >= 0.6 is 0 Å². The Morgan fingerprint density at radius 3 is 2.54 bits per heavy atom. The molecule has 0 amide bonds. The van der Waals surface area contributed by atoms with E-state index in [2.05, 4.69) is 0 Å². The minimum Gasteiger partial charge on any atom is -0.772 e. The summed E-state index contributed by atoms with van der Waals surface area (Å²) in [4.78, 5) is 0. The smallest absolute Gasteiger partial charge is 0.0190 e. The minimum absolute atomic E-state index is 0.250. The van der Waals surface area contributed by atoms with Gasteiger partial charge in [-0.05, 0) is 18.4 Å². The molecule has 2 nitrogen and oxygen atoms in total. The molecule has 0 fully saturated rings. The van der Waals surface area contributed by atoms with Gasteiger partial charge in [0.15, 0.2) is 0 Å². The van der Waals surface area contributed by atoms with E-state index in [4.69, 9.17) is 0 Å². The molecule has 0 aliphatic rings. The molecule has 1 aromatic carbocycles. The molecule has 72 valence electrons. The fourth-order valence-corrected chi connectivity index (χ4v) is 1.42. The highest BCUT2D eigenvalue weighted by Crippen LogP contribution is 2.07. The van der Waals surface area contributed by atoms with E-state index >= 15 is 0 Å². The van der Waals surface area contributed by atoms with Crippen molar-refractivity contribution in [2.75, 3.05) is 0 Å². The molecule has 0 aliphatic heterocycles. The van der Waals surface area contributed by atoms with Crippen molar-refractivity contribution in [3.63, 3.8) is 0 Å². The monoisotopic (exact) mass is 197 g/mol. The number of aryl methyl sites for hydroxylation is 1. The Morgan fingerprint density at radius 1 is 1.38 bits per heavy atom. The molecular weight excluding hydrogens is 184 g/mol. The third-order valence-electron chi connectivity index (χ3n) is 2.01. The van der Waals surface area contributed by atoms with Gasteiger partial charge in [0, 0.05) is 5.25 Å². The summed E-state index contributed by atoms with van der Waals surface area (Å²) >= 11 is -1.93. The molecule has 0 saturated heterocycles. The predicted octanol–water partition coefficient (Wildman–Crippen LogP) is 1.89. The van der Waals surface area contributed by atoms with E-state index in [0.29, 0.717) is 6.42 Å². The van der Waals surface area contributed by atoms with E-state index < -0.39 is 11.1 Å². The van der Waals surface area contributed by atoms with Crippen LogP contribution < -0.4 is 0 Å². The third kappa shape index (κ3) is 3.70. The van der Waals surface area contributed by atoms with Gasteiger partial charge in [0.1, 0.15) is 0 Å². The summed E-state index contributed by atoms with van der Waals surface area (Å²) in [6.07, 6.45) is 1.52. The second kappa shape index (κ2) is 5.14. The normalized spacial score (nSPS) is 15.2. The third-order valence-corrected chi connectivity index (χ3v) is 2.90. The number of hydrogen-bond donors (Lipinski definition) is 0. The van der Waals surface area contributed by atoms with Crippen molar-refractivity contribution in [1.29, 1.82) is 0 Å². The Morgan fingerprint density at radius 2 is 2.00 bits per heavy atom. The minimum atomic E-state index is -1.93. The molecule has 0 spiro atoms. The summed E-state index contributed by atoms with van der Waals surface area (Å²) in [5, 5.41) is -0.250. The molecule has 3 heteroatoms. The van der Waals surface area contributed by atoms with Crippen LogP contribution in [0.15, 0.2) is 30.3 Å². The highest BCUT2D eigenvalue weighted by molar-refractivity contribution is 7.79. The average molecular weight is 197 g/mol. The van der Waals surface area contributed by atoms with E-state index in [1.165, 1.54) is 5.56 Å². The molecule has 2 unspecified atom stereocenters. The van der Waals surface area contributed by atoms with Crippen LogP contribution in [0.2, 0.25) is 0 Å². The standard InChI is InChI=1S/C10H14O2S/c1-9(13(11)12)7-8-10-5-3-2-4-6-10/h2-6,9H,7-8H2,1H3,(H,11,12)/p-1. The van der Waals surface area contributed by atoms with Crippen molar-refractivity contribution < 1.29 is 8.76 Å². The highest BCUT2D eigenvalue weighted by Gasteiger charge is 2.01. The molecular formula is C10H13O2S-. The molecule has 1 aromatic rings. The van der Waals surface area contributed by atoms with Gasteiger partial charge in [-0.25, -0.2) is 0 Å². The first kappa shape index (κ1) is 10.4. The summed E-state index contributed by atoms with van der Waals surface area (Å²) in [6, 6.07) is 9.92. The van der Waals surface area contributed by atoms with Gasteiger partial charge >= 0.3 is 0 Å². The molecule has 0 N–H and O–H groups in total. The summed E-state index contributed by atoms with van der Waals surface area (Å²) in [5.41, 5.74) is 1.19. The molecule has 0 radical (unpaired) electrons. The van der Waals surface area contributed by atoms with E-state index in [9.17, 15) is 8.76 Å². The van der Waals surface area contributed by atoms with E-state index in [1.54, 1.807) is 6.92 Å². The van der Waals surface area contributed by atoms with Crippen molar-refractivity contribution in [2.24, 2.45) is 0 Å². The average Bonchev–Trinajstić information content (AvgIpc) is 2.15. The van der Waals surface area contributed by atoms with E-state index in [0.717, 1.165) is 6.42 Å². The molecule has 0 bridgehead atoms. The van der Waals surface area contributed by atoms with Crippen LogP contribution in [0.4, 0.5) is 0 Å². The van der Waals surface area contributed by atoms with Gasteiger partial charge in [0.05, 0.1) is 0 Å². The lowest BCUT2D eigenvalue weighted by Crippen LogP contribution is -2.10. The van der Waals surface area contributed by atoms with E-state index in [-0.39, 0.29) is 5.25 Å². The zero-order valence-electron chi connectivity index (χ0n) is 7.60. The molecule has 13 heavy (non-hydrogen) atoms. The Bertz CT molecular complexity index is 272. The lowest BCUT2D eigenvalue weighted by Gasteiger charge is -2.13. The Labute approximate surface area is 81.3 Å². The molecule has 0 aromatic heterocycles. The van der Waals surface area contributed by atoms with E-state index in [1.807, 2.05) is 30.3 Å². The summed E-state index contributed by atoms with van der Waals surface area (Å²) in [7, 11) is 0. The zero-order chi connectivity index (χ0) is 9.68. The largest absolute Gasteiger partial charge is 0.772 e. The molecule has 1 rings (SSSR count). The highest BCUT2D eigenvalue weighted by atomic mass is 32.2. The topological polar surface area (TPSA) is 40.1 Å². The van der Waals surface area contributed by atoms with Gasteiger partial charge in [0.2, 0.25) is 0 Å². The lowest BCUT2D eigenvalue weighted by atomic mass is 10.1. The van der Waals surface area contributed by atoms with Crippen molar-refractivity contribution in [3.8, 4) is 0 Å². The van der Waals surface area contributed by atoms with Crippen LogP contribution in [-0.2, 0) is 17.5 Å². The quantitative estimate of drug-likeness (QED) is 0.691. The van der Waals surface area contributed by atoms with Crippen LogP contribution in [-0.4, -0.2) is 14.0 Å². The second-order valence-corrected chi connectivity index (χ2v) is 4.42. The van der Waals surface area contributed by atoms with Gasteiger partial charge in [-0.3, -0.25) is 4.21 Å². The van der Waals surface area contributed by atoms with Crippen molar-refractivity contribution in [3.05, 3.63) is 35.9 Å². The maximum absolute atomic E-state index is 10.5. The van der Waals surface area contributed by atoms with Crippen LogP contribution in [0.1, 0.15) is 18.9 Å². The predicted molar refractivity (Wildman–Crippen MR) is 53.1 cm³/mol. The fraction of sp³-hybridized carbons (Fsp3) is 0.400. The second-order valence-electron chi connectivity index (χ2n) is 3.10. The molecule has 0 heterocycles. The van der Waals surface area contributed by atoms with Gasteiger partial charge < -0.3 is 4.55 Å². The van der Waals surface area contributed by atoms with Crippen LogP contribution in [0, 0.1) is 0 Å². The lowest BCUT2D eigenvalue weighted by molar-refractivity contribution is 0.520. The molecule has 2 atom stereocenters. The van der Waals surface area contributed by atoms with Gasteiger partial charge in [-0.2, -0.15) is 0 Å². The first-order valence-electron chi connectivity index (χ1n) is 4.32. The van der Waals surface area contributed by atoms with Crippen LogP contribution in [0.25, 0.3) is 0 Å².